The van der Waals surface area contributed by atoms with E-state index in [-0.39, 0.29) is 0 Å². The van der Waals surface area contributed by atoms with E-state index in [0.29, 0.717) is 0 Å². The van der Waals surface area contributed by atoms with Gasteiger partial charge in [-0.05, 0) is 68.1 Å². The van der Waals surface area contributed by atoms with Gasteiger partial charge in [0.05, 0.1) is 0 Å². The Bertz CT molecular complexity index is 1680. The first-order valence-electron chi connectivity index (χ1n) is 13.3. The molecule has 0 saturated carbocycles. The van der Waals surface area contributed by atoms with Crippen LogP contribution in [0.4, 0.5) is 11.4 Å². The van der Waals surface area contributed by atoms with E-state index < -0.39 is 0 Å². The van der Waals surface area contributed by atoms with Gasteiger partial charge < -0.3 is 9.80 Å². The number of benzene rings is 6. The minimum atomic E-state index is 0.828. The van der Waals surface area contributed by atoms with Crippen molar-refractivity contribution in [3.63, 3.8) is 0 Å². The van der Waals surface area contributed by atoms with E-state index in [9.17, 15) is 0 Å². The summed E-state index contributed by atoms with van der Waals surface area (Å²) in [5, 5.41) is 5.12. The Morgan fingerprint density at radius 2 is 0.895 bits per heavy atom. The molecule has 4 bridgehead atoms. The maximum Gasteiger partial charge on any atom is 0.0452 e. The fourth-order valence-electron chi connectivity index (χ4n) is 6.13. The highest BCUT2D eigenvalue weighted by atomic mass is 15.1. The third kappa shape index (κ3) is 3.81. The fourth-order valence-corrected chi connectivity index (χ4v) is 6.13. The van der Waals surface area contributed by atoms with Gasteiger partial charge in [0.2, 0.25) is 0 Å². The highest BCUT2D eigenvalue weighted by Gasteiger charge is 2.18. The third-order valence-electron chi connectivity index (χ3n) is 7.91. The van der Waals surface area contributed by atoms with Crippen LogP contribution in [0.15, 0.2) is 121 Å². The molecule has 0 saturated heterocycles. The van der Waals surface area contributed by atoms with Crippen LogP contribution in [-0.4, -0.2) is 14.1 Å². The Balaban J connectivity index is 1.50. The molecule has 0 spiro atoms. The maximum absolute atomic E-state index is 2.40. The fraction of sp³-hybridized carbons (Fsp3) is 0.111. The molecule has 0 amide bonds. The van der Waals surface area contributed by atoms with Crippen molar-refractivity contribution >= 4 is 32.9 Å². The molecule has 0 N–H and O–H groups in total. The van der Waals surface area contributed by atoms with Gasteiger partial charge in [-0.15, -0.1) is 0 Å². The summed E-state index contributed by atoms with van der Waals surface area (Å²) in [5.74, 6) is 0. The number of fused-ring (bicyclic) bond motifs is 12. The summed E-state index contributed by atoms with van der Waals surface area (Å²) in [7, 11) is 4.43. The van der Waals surface area contributed by atoms with Gasteiger partial charge in [-0.3, -0.25) is 0 Å². The van der Waals surface area contributed by atoms with Gasteiger partial charge in [0.25, 0.3) is 0 Å². The van der Waals surface area contributed by atoms with Crippen LogP contribution in [0.5, 0.6) is 0 Å². The van der Waals surface area contributed by atoms with E-state index in [1.54, 1.807) is 0 Å². The monoisotopic (exact) mass is 490 g/mol. The van der Waals surface area contributed by atoms with Crippen molar-refractivity contribution in [2.24, 2.45) is 0 Å². The van der Waals surface area contributed by atoms with Crippen molar-refractivity contribution < 1.29 is 0 Å². The molecule has 6 aromatic carbocycles. The lowest BCUT2D eigenvalue weighted by Crippen LogP contribution is -2.19. The predicted octanol–water partition coefficient (Wildman–Crippen LogP) is 8.91. The molecule has 0 aliphatic carbocycles. The molecule has 6 aromatic rings. The quantitative estimate of drug-likeness (QED) is 0.210. The average molecular weight is 491 g/mol. The van der Waals surface area contributed by atoms with Crippen LogP contribution in [0.25, 0.3) is 43.8 Å². The lowest BCUT2D eigenvalue weighted by Gasteiger charge is -2.27. The van der Waals surface area contributed by atoms with E-state index in [0.717, 1.165) is 13.1 Å². The summed E-state index contributed by atoms with van der Waals surface area (Å²) in [4.78, 5) is 4.80. The van der Waals surface area contributed by atoms with Crippen molar-refractivity contribution in [2.75, 3.05) is 23.9 Å². The summed E-state index contributed by atoms with van der Waals surface area (Å²) in [5.41, 5.74) is 10.2. The third-order valence-corrected chi connectivity index (χ3v) is 7.91. The molecule has 1 aliphatic heterocycles. The Hall–Kier alpha value is -4.56. The Morgan fingerprint density at radius 1 is 0.447 bits per heavy atom. The molecule has 38 heavy (non-hydrogen) atoms. The largest absolute Gasteiger partial charge is 0.370 e. The molecular weight excluding hydrogens is 460 g/mol. The van der Waals surface area contributed by atoms with Crippen LogP contribution in [0.3, 0.4) is 0 Å². The highest BCUT2D eigenvalue weighted by Crippen LogP contribution is 2.41. The maximum atomic E-state index is 2.40. The van der Waals surface area contributed by atoms with Crippen LogP contribution in [0.1, 0.15) is 11.1 Å². The van der Waals surface area contributed by atoms with Gasteiger partial charge in [-0.2, -0.15) is 0 Å². The molecule has 184 valence electrons. The number of rotatable bonds is 0. The molecule has 0 atom stereocenters. The standard InChI is InChI=1S/C36H30N2/c1-37-23-25-9-7-14-30(21-25)36-32-16-6-4-12-28(32)18-20-34(36)38(2)24-26-10-8-13-29(22-26)35-31-15-5-3-11-27(31)17-19-33(35)37/h3-22H,23-24H2,1-2H3. The molecule has 0 aromatic heterocycles. The highest BCUT2D eigenvalue weighted by molar-refractivity contribution is 6.04. The second-order valence-electron chi connectivity index (χ2n) is 10.5. The van der Waals surface area contributed by atoms with Crippen LogP contribution in [-0.2, 0) is 13.1 Å². The van der Waals surface area contributed by atoms with E-state index in [1.807, 2.05) is 0 Å². The van der Waals surface area contributed by atoms with Gasteiger partial charge in [0.1, 0.15) is 0 Å². The predicted molar refractivity (Wildman–Crippen MR) is 163 cm³/mol. The summed E-state index contributed by atoms with van der Waals surface area (Å²) in [6.45, 7) is 1.66. The molecular formula is C36H30N2. The van der Waals surface area contributed by atoms with Gasteiger partial charge in [0, 0.05) is 49.7 Å². The lowest BCUT2D eigenvalue weighted by atomic mass is 9.92. The summed E-state index contributed by atoms with van der Waals surface area (Å²) >= 11 is 0. The van der Waals surface area contributed by atoms with Crippen molar-refractivity contribution in [3.8, 4) is 22.3 Å². The zero-order chi connectivity index (χ0) is 25.6. The second-order valence-corrected chi connectivity index (χ2v) is 10.5. The van der Waals surface area contributed by atoms with E-state index >= 15 is 0 Å². The molecule has 2 nitrogen and oxygen atoms in total. The Kier molecular flexibility index (Phi) is 5.40. The van der Waals surface area contributed by atoms with Crippen LogP contribution >= 0.6 is 0 Å². The number of hydrogen-bond donors (Lipinski definition) is 0. The minimum Gasteiger partial charge on any atom is -0.370 e. The zero-order valence-corrected chi connectivity index (χ0v) is 21.9. The first-order valence-corrected chi connectivity index (χ1v) is 13.3. The molecule has 1 heterocycles. The molecule has 1 aliphatic rings. The molecule has 2 heteroatoms. The SMILES string of the molecule is CN1Cc2cccc(c2)-c2c(ccc3ccccc23)N(C)Cc2cccc(c2)-c2c1ccc1ccccc21. The van der Waals surface area contributed by atoms with Crippen molar-refractivity contribution in [1.82, 2.24) is 0 Å². The number of anilines is 2. The van der Waals surface area contributed by atoms with Gasteiger partial charge in [0.15, 0.2) is 0 Å². The van der Waals surface area contributed by atoms with E-state index in [2.05, 4.69) is 145 Å². The molecule has 7 rings (SSSR count). The van der Waals surface area contributed by atoms with Crippen LogP contribution in [0, 0.1) is 0 Å². The number of nitrogens with zero attached hydrogens (tertiary/aromatic N) is 2. The second kappa shape index (κ2) is 9.08. The van der Waals surface area contributed by atoms with Crippen LogP contribution < -0.4 is 9.80 Å². The lowest BCUT2D eigenvalue weighted by molar-refractivity contribution is 0.919. The van der Waals surface area contributed by atoms with Gasteiger partial charge in [-0.25, -0.2) is 0 Å². The minimum absolute atomic E-state index is 0.828. The van der Waals surface area contributed by atoms with Gasteiger partial charge >= 0.3 is 0 Å². The summed E-state index contributed by atoms with van der Waals surface area (Å²) in [6.07, 6.45) is 0. The first-order chi connectivity index (χ1) is 18.7. The van der Waals surface area contributed by atoms with E-state index in [4.69, 9.17) is 0 Å². The molecule has 0 unspecified atom stereocenters. The summed E-state index contributed by atoms with van der Waals surface area (Å²) in [6, 6.07) is 44.8. The van der Waals surface area contributed by atoms with Crippen molar-refractivity contribution in [3.05, 3.63) is 132 Å². The summed E-state index contributed by atoms with van der Waals surface area (Å²) < 4.78 is 0. The smallest absolute Gasteiger partial charge is 0.0452 e. The van der Waals surface area contributed by atoms with Crippen LogP contribution in [0.2, 0.25) is 0 Å². The first kappa shape index (κ1) is 22.6. The van der Waals surface area contributed by atoms with Gasteiger partial charge in [-0.1, -0.05) is 97.1 Å². The van der Waals surface area contributed by atoms with Crippen molar-refractivity contribution in [1.29, 1.82) is 0 Å². The van der Waals surface area contributed by atoms with E-state index in [1.165, 1.54) is 66.3 Å². The average Bonchev–Trinajstić information content (AvgIpc) is 2.95. The zero-order valence-electron chi connectivity index (χ0n) is 21.9. The normalized spacial score (nSPS) is 13.2. The van der Waals surface area contributed by atoms with Crippen molar-refractivity contribution in [2.45, 2.75) is 13.1 Å². The Labute approximate surface area is 224 Å². The molecule has 0 fully saturated rings. The topological polar surface area (TPSA) is 6.48 Å². The number of hydrogen-bond acceptors (Lipinski definition) is 2. The molecule has 0 radical (unpaired) electrons. The Morgan fingerprint density at radius 3 is 1.37 bits per heavy atom.